The van der Waals surface area contributed by atoms with Crippen molar-refractivity contribution in [1.82, 2.24) is 0 Å². The van der Waals surface area contributed by atoms with Crippen LogP contribution in [0.1, 0.15) is 5.56 Å². The first-order valence-electron chi connectivity index (χ1n) is 4.60. The molecule has 0 amide bonds. The number of ketones is 1. The molecule has 0 radical (unpaired) electrons. The zero-order valence-electron chi connectivity index (χ0n) is 9.00. The van der Waals surface area contributed by atoms with Gasteiger partial charge in [-0.1, -0.05) is 29.3 Å². The van der Waals surface area contributed by atoms with Gasteiger partial charge in [-0.2, -0.15) is 0 Å². The molecule has 16 heavy (non-hydrogen) atoms. The molecule has 0 aliphatic heterocycles. The van der Waals surface area contributed by atoms with Crippen LogP contribution in [0.4, 0.5) is 0 Å². The number of halogens is 2. The van der Waals surface area contributed by atoms with E-state index in [1.165, 1.54) is 14.2 Å². The van der Waals surface area contributed by atoms with E-state index in [0.29, 0.717) is 15.6 Å². The molecular weight excluding hydrogens is 251 g/mol. The Hall–Kier alpha value is -0.610. The molecule has 1 rings (SSSR count). The second kappa shape index (κ2) is 6.21. The molecule has 0 aliphatic rings. The van der Waals surface area contributed by atoms with Gasteiger partial charge in [0.25, 0.3) is 0 Å². The van der Waals surface area contributed by atoms with Crippen LogP contribution >= 0.6 is 23.2 Å². The molecule has 0 bridgehead atoms. The summed E-state index contributed by atoms with van der Waals surface area (Å²) in [5, 5.41) is 1.00. The maximum atomic E-state index is 11.7. The van der Waals surface area contributed by atoms with Gasteiger partial charge >= 0.3 is 0 Å². The van der Waals surface area contributed by atoms with Gasteiger partial charge < -0.3 is 9.47 Å². The van der Waals surface area contributed by atoms with E-state index in [2.05, 4.69) is 0 Å². The molecule has 0 saturated carbocycles. The molecule has 88 valence electrons. The van der Waals surface area contributed by atoms with Crippen molar-refractivity contribution in [3.05, 3.63) is 33.8 Å². The summed E-state index contributed by atoms with van der Waals surface area (Å²) in [4.78, 5) is 11.7. The Bertz CT molecular complexity index is 375. The topological polar surface area (TPSA) is 35.5 Å². The second-order valence-corrected chi connectivity index (χ2v) is 4.03. The predicted molar refractivity (Wildman–Crippen MR) is 63.0 cm³/mol. The number of benzene rings is 1. The molecule has 0 N–H and O–H groups in total. The van der Waals surface area contributed by atoms with E-state index >= 15 is 0 Å². The molecular formula is C11H12Cl2O3. The quantitative estimate of drug-likeness (QED) is 0.766. The Morgan fingerprint density at radius 1 is 1.31 bits per heavy atom. The van der Waals surface area contributed by atoms with E-state index in [1.54, 1.807) is 18.2 Å². The first kappa shape index (κ1) is 13.5. The highest BCUT2D eigenvalue weighted by Gasteiger charge is 2.18. The van der Waals surface area contributed by atoms with Crippen LogP contribution in [0.15, 0.2) is 18.2 Å². The van der Waals surface area contributed by atoms with E-state index < -0.39 is 6.29 Å². The van der Waals surface area contributed by atoms with Gasteiger partial charge in [0.15, 0.2) is 5.78 Å². The molecule has 0 saturated heterocycles. The second-order valence-electron chi connectivity index (χ2n) is 3.18. The summed E-state index contributed by atoms with van der Waals surface area (Å²) in [6.07, 6.45) is -0.700. The summed E-state index contributed by atoms with van der Waals surface area (Å²) < 4.78 is 9.71. The van der Waals surface area contributed by atoms with Crippen molar-refractivity contribution < 1.29 is 14.3 Å². The Morgan fingerprint density at radius 2 is 1.94 bits per heavy atom. The summed E-state index contributed by atoms with van der Waals surface area (Å²) in [6.45, 7) is 0. The van der Waals surface area contributed by atoms with Crippen LogP contribution in [0.2, 0.25) is 10.0 Å². The molecule has 0 spiro atoms. The van der Waals surface area contributed by atoms with Gasteiger partial charge in [-0.25, -0.2) is 0 Å². The molecule has 1 aromatic carbocycles. The lowest BCUT2D eigenvalue weighted by Crippen LogP contribution is -2.26. The number of hydrogen-bond donors (Lipinski definition) is 0. The number of hydrogen-bond acceptors (Lipinski definition) is 3. The number of carbonyl (C=O) groups is 1. The molecule has 0 aromatic heterocycles. The molecule has 3 nitrogen and oxygen atoms in total. The Kier molecular flexibility index (Phi) is 5.22. The van der Waals surface area contributed by atoms with Crippen molar-refractivity contribution in [3.63, 3.8) is 0 Å². The SMILES string of the molecule is COC(OC)C(=O)Cc1ccc(Cl)cc1Cl. The highest BCUT2D eigenvalue weighted by atomic mass is 35.5. The van der Waals surface area contributed by atoms with Crippen LogP contribution < -0.4 is 0 Å². The molecule has 5 heteroatoms. The van der Waals surface area contributed by atoms with Crippen molar-refractivity contribution in [3.8, 4) is 0 Å². The Morgan fingerprint density at radius 3 is 2.44 bits per heavy atom. The van der Waals surface area contributed by atoms with Gasteiger partial charge in [-0.05, 0) is 17.7 Å². The summed E-state index contributed by atoms with van der Waals surface area (Å²) in [5.41, 5.74) is 0.704. The fourth-order valence-electron chi connectivity index (χ4n) is 1.30. The number of ether oxygens (including phenoxy) is 2. The summed E-state index contributed by atoms with van der Waals surface area (Å²) >= 11 is 11.7. The number of rotatable bonds is 5. The fraction of sp³-hybridized carbons (Fsp3) is 0.364. The highest BCUT2D eigenvalue weighted by Crippen LogP contribution is 2.21. The largest absolute Gasteiger partial charge is 0.349 e. The number of methoxy groups -OCH3 is 2. The minimum Gasteiger partial charge on any atom is -0.349 e. The van der Waals surface area contributed by atoms with Crippen molar-refractivity contribution in [1.29, 1.82) is 0 Å². The Labute approximate surface area is 104 Å². The molecule has 1 aromatic rings. The van der Waals surface area contributed by atoms with Crippen molar-refractivity contribution in [2.75, 3.05) is 14.2 Å². The minimum atomic E-state index is -0.855. The van der Waals surface area contributed by atoms with Crippen LogP contribution in [0.25, 0.3) is 0 Å². The zero-order chi connectivity index (χ0) is 12.1. The third-order valence-electron chi connectivity index (χ3n) is 2.07. The van der Waals surface area contributed by atoms with Gasteiger partial charge in [0.05, 0.1) is 0 Å². The smallest absolute Gasteiger partial charge is 0.217 e. The molecule has 0 heterocycles. The number of carbonyl (C=O) groups excluding carboxylic acids is 1. The van der Waals surface area contributed by atoms with E-state index in [0.717, 1.165) is 0 Å². The summed E-state index contributed by atoms with van der Waals surface area (Å²) in [7, 11) is 2.82. The molecule has 0 fully saturated rings. The normalized spacial score (nSPS) is 10.8. The van der Waals surface area contributed by atoms with Crippen LogP contribution in [0.3, 0.4) is 0 Å². The Balaban J connectivity index is 2.76. The lowest BCUT2D eigenvalue weighted by atomic mass is 10.1. The van der Waals surface area contributed by atoms with Gasteiger partial charge in [0.2, 0.25) is 6.29 Å². The van der Waals surface area contributed by atoms with Crippen LogP contribution in [0.5, 0.6) is 0 Å². The first-order chi connectivity index (χ1) is 7.58. The lowest BCUT2D eigenvalue weighted by molar-refractivity contribution is -0.155. The zero-order valence-corrected chi connectivity index (χ0v) is 10.5. The van der Waals surface area contributed by atoms with Crippen molar-refractivity contribution >= 4 is 29.0 Å². The van der Waals surface area contributed by atoms with Crippen LogP contribution in [0, 0.1) is 0 Å². The molecule has 0 aliphatic carbocycles. The first-order valence-corrected chi connectivity index (χ1v) is 5.36. The summed E-state index contributed by atoms with van der Waals surface area (Å²) in [6, 6.07) is 5.00. The van der Waals surface area contributed by atoms with Crippen LogP contribution in [-0.4, -0.2) is 26.3 Å². The molecule has 0 unspecified atom stereocenters. The highest BCUT2D eigenvalue weighted by molar-refractivity contribution is 6.35. The third-order valence-corrected chi connectivity index (χ3v) is 2.66. The monoisotopic (exact) mass is 262 g/mol. The standard InChI is InChI=1S/C11H12Cl2O3/c1-15-11(16-2)10(14)5-7-3-4-8(12)6-9(7)13/h3-4,6,11H,5H2,1-2H3. The third kappa shape index (κ3) is 3.46. The maximum absolute atomic E-state index is 11.7. The van der Waals surface area contributed by atoms with Crippen molar-refractivity contribution in [2.45, 2.75) is 12.7 Å². The summed E-state index contributed by atoms with van der Waals surface area (Å²) in [5.74, 6) is -0.186. The number of Topliss-reactive ketones (excluding diaryl/α,β-unsaturated/α-hetero) is 1. The minimum absolute atomic E-state index is 0.155. The average Bonchev–Trinajstić information content (AvgIpc) is 2.24. The van der Waals surface area contributed by atoms with E-state index in [-0.39, 0.29) is 12.2 Å². The predicted octanol–water partition coefficient (Wildman–Crippen LogP) is 2.72. The average molecular weight is 263 g/mol. The van der Waals surface area contributed by atoms with Crippen molar-refractivity contribution in [2.24, 2.45) is 0 Å². The fourth-order valence-corrected chi connectivity index (χ4v) is 1.77. The van der Waals surface area contributed by atoms with E-state index in [4.69, 9.17) is 32.7 Å². The van der Waals surface area contributed by atoms with Gasteiger partial charge in [0.1, 0.15) is 0 Å². The van der Waals surface area contributed by atoms with Crippen LogP contribution in [-0.2, 0) is 20.7 Å². The van der Waals surface area contributed by atoms with E-state index in [1.807, 2.05) is 0 Å². The maximum Gasteiger partial charge on any atom is 0.217 e. The van der Waals surface area contributed by atoms with Gasteiger partial charge in [0, 0.05) is 30.7 Å². The van der Waals surface area contributed by atoms with Gasteiger partial charge in [-0.15, -0.1) is 0 Å². The lowest BCUT2D eigenvalue weighted by Gasteiger charge is -2.12. The van der Waals surface area contributed by atoms with E-state index in [9.17, 15) is 4.79 Å². The van der Waals surface area contributed by atoms with Gasteiger partial charge in [-0.3, -0.25) is 4.79 Å². The molecule has 0 atom stereocenters.